The molecule has 0 aromatic heterocycles. The van der Waals surface area contributed by atoms with E-state index in [0.717, 1.165) is 36.5 Å². The van der Waals surface area contributed by atoms with E-state index in [0.29, 0.717) is 5.41 Å². The van der Waals surface area contributed by atoms with Gasteiger partial charge in [0.05, 0.1) is 0 Å². The van der Waals surface area contributed by atoms with Crippen LogP contribution in [0.3, 0.4) is 0 Å². The van der Waals surface area contributed by atoms with E-state index in [1.165, 1.54) is 51.0 Å². The van der Waals surface area contributed by atoms with Crippen LogP contribution < -0.4 is 5.73 Å². The van der Waals surface area contributed by atoms with Crippen molar-refractivity contribution < 1.29 is 9.53 Å². The Labute approximate surface area is 159 Å². The normalized spacial score (nSPS) is 50.3. The van der Waals surface area contributed by atoms with E-state index in [1.54, 1.807) is 0 Å². The first kappa shape index (κ1) is 18.5. The largest absolute Gasteiger partial charge is 0.461 e. The third-order valence-electron chi connectivity index (χ3n) is 9.19. The van der Waals surface area contributed by atoms with Crippen molar-refractivity contribution in [1.29, 1.82) is 0 Å². The highest BCUT2D eigenvalue weighted by molar-refractivity contribution is 5.66. The molecule has 3 nitrogen and oxygen atoms in total. The van der Waals surface area contributed by atoms with E-state index in [-0.39, 0.29) is 23.5 Å². The van der Waals surface area contributed by atoms with Crippen LogP contribution in [0.5, 0.6) is 0 Å². The molecule has 4 aliphatic carbocycles. The summed E-state index contributed by atoms with van der Waals surface area (Å²) in [5.41, 5.74) is 8.82. The Morgan fingerprint density at radius 1 is 1.27 bits per heavy atom. The summed E-state index contributed by atoms with van der Waals surface area (Å²) in [7, 11) is 0. The van der Waals surface area contributed by atoms with Gasteiger partial charge in [0.2, 0.25) is 0 Å². The highest BCUT2D eigenvalue weighted by Gasteiger charge is 2.59. The molecule has 0 unspecified atom stereocenters. The van der Waals surface area contributed by atoms with Crippen molar-refractivity contribution in [3.8, 4) is 0 Å². The van der Waals surface area contributed by atoms with Gasteiger partial charge in [-0.3, -0.25) is 4.79 Å². The summed E-state index contributed by atoms with van der Waals surface area (Å²) in [6.45, 7) is 8.95. The minimum absolute atomic E-state index is 0.0277. The number of hydrogen-bond donors (Lipinski definition) is 1. The van der Waals surface area contributed by atoms with Crippen molar-refractivity contribution in [1.82, 2.24) is 0 Å². The number of hydrogen-bond acceptors (Lipinski definition) is 3. The quantitative estimate of drug-likeness (QED) is 0.567. The zero-order chi connectivity index (χ0) is 18.7. The van der Waals surface area contributed by atoms with Crippen LogP contribution in [0.25, 0.3) is 0 Å². The van der Waals surface area contributed by atoms with E-state index >= 15 is 0 Å². The topological polar surface area (TPSA) is 52.3 Å². The number of carbonyl (C=O) groups excluding carboxylic acids is 1. The highest BCUT2D eigenvalue weighted by atomic mass is 16.5. The highest BCUT2D eigenvalue weighted by Crippen LogP contribution is 2.66. The number of ether oxygens (including phenoxy) is 1. The minimum Gasteiger partial charge on any atom is -0.461 e. The van der Waals surface area contributed by atoms with Crippen LogP contribution in [0.2, 0.25) is 0 Å². The lowest BCUT2D eigenvalue weighted by Crippen LogP contribution is -2.55. The number of carbonyl (C=O) groups is 1. The summed E-state index contributed by atoms with van der Waals surface area (Å²) in [5, 5.41) is 0. The molecule has 0 spiro atoms. The second-order valence-corrected chi connectivity index (χ2v) is 10.2. The molecule has 0 aromatic rings. The molecule has 2 N–H and O–H groups in total. The Hall–Kier alpha value is -0.830. The smallest absolute Gasteiger partial charge is 0.302 e. The van der Waals surface area contributed by atoms with Gasteiger partial charge in [-0.15, -0.1) is 0 Å². The van der Waals surface area contributed by atoms with Crippen molar-refractivity contribution >= 4 is 5.97 Å². The molecule has 0 radical (unpaired) electrons. The van der Waals surface area contributed by atoms with Crippen LogP contribution in [0.4, 0.5) is 0 Å². The Bertz CT molecular complexity index is 613. The van der Waals surface area contributed by atoms with Crippen molar-refractivity contribution in [3.63, 3.8) is 0 Å². The molecule has 4 aliphatic rings. The van der Waals surface area contributed by atoms with Gasteiger partial charge in [-0.05, 0) is 73.0 Å². The maximum absolute atomic E-state index is 11.4. The first-order valence-corrected chi connectivity index (χ1v) is 10.9. The molecule has 26 heavy (non-hydrogen) atoms. The number of rotatable bonds is 2. The van der Waals surface area contributed by atoms with Gasteiger partial charge in [0.15, 0.2) is 0 Å². The molecule has 0 saturated heterocycles. The van der Waals surface area contributed by atoms with Crippen molar-refractivity contribution in [2.45, 2.75) is 91.2 Å². The summed E-state index contributed by atoms with van der Waals surface area (Å²) in [6.07, 6.45) is 12.4. The van der Waals surface area contributed by atoms with Gasteiger partial charge in [-0.1, -0.05) is 38.8 Å². The lowest BCUT2D eigenvalue weighted by molar-refractivity contribution is -0.150. The van der Waals surface area contributed by atoms with Crippen LogP contribution in [0.15, 0.2) is 11.6 Å². The van der Waals surface area contributed by atoms with Crippen LogP contribution >= 0.6 is 0 Å². The molecule has 0 aliphatic heterocycles. The molecular formula is C23H37NO2. The molecule has 3 fully saturated rings. The lowest BCUT2D eigenvalue weighted by atomic mass is 9.47. The fraction of sp³-hybridized carbons (Fsp3) is 0.870. The van der Waals surface area contributed by atoms with E-state index < -0.39 is 0 Å². The van der Waals surface area contributed by atoms with Crippen LogP contribution in [0, 0.1) is 34.5 Å². The number of allylic oxidation sites excluding steroid dienone is 1. The third-order valence-corrected chi connectivity index (χ3v) is 9.19. The fourth-order valence-electron chi connectivity index (χ4n) is 7.87. The van der Waals surface area contributed by atoms with E-state index in [2.05, 4.69) is 26.8 Å². The van der Waals surface area contributed by atoms with Crippen LogP contribution in [0.1, 0.15) is 79.1 Å². The van der Waals surface area contributed by atoms with Gasteiger partial charge in [0.1, 0.15) is 6.10 Å². The Kier molecular flexibility index (Phi) is 4.53. The first-order chi connectivity index (χ1) is 12.3. The van der Waals surface area contributed by atoms with Gasteiger partial charge in [0.25, 0.3) is 0 Å². The lowest BCUT2D eigenvalue weighted by Gasteiger charge is -2.59. The molecule has 8 atom stereocenters. The van der Waals surface area contributed by atoms with Crippen LogP contribution in [-0.2, 0) is 9.53 Å². The zero-order valence-electron chi connectivity index (χ0n) is 17.1. The van der Waals surface area contributed by atoms with Gasteiger partial charge >= 0.3 is 5.97 Å². The Balaban J connectivity index is 1.61. The van der Waals surface area contributed by atoms with E-state index in [4.69, 9.17) is 10.5 Å². The molecule has 3 saturated carbocycles. The Morgan fingerprint density at radius 3 is 2.73 bits per heavy atom. The maximum Gasteiger partial charge on any atom is 0.302 e. The second kappa shape index (κ2) is 6.36. The van der Waals surface area contributed by atoms with Gasteiger partial charge in [-0.2, -0.15) is 0 Å². The molecule has 0 amide bonds. The zero-order valence-corrected chi connectivity index (χ0v) is 17.1. The molecular weight excluding hydrogens is 322 g/mol. The molecule has 146 valence electrons. The standard InChI is InChI=1S/C23H37NO2/c1-5-15-7-9-18-17-8-6-16-12-21(26-14(2)25)20(24)13-23(16,4)19(17)10-11-22(15,18)3/h6,15,17-21H,5,7-13,24H2,1-4H3/t15-,17-,18-,19-,20-,21+,22+,23-/m0/s1. The summed E-state index contributed by atoms with van der Waals surface area (Å²) in [5.74, 6) is 3.21. The van der Waals surface area contributed by atoms with E-state index in [1.807, 2.05) is 0 Å². The summed E-state index contributed by atoms with van der Waals surface area (Å²) < 4.78 is 5.54. The number of nitrogens with two attached hydrogens (primary N) is 1. The van der Waals surface area contributed by atoms with Crippen molar-refractivity contribution in [2.24, 2.45) is 40.2 Å². The molecule has 0 heterocycles. The van der Waals surface area contributed by atoms with Crippen LogP contribution in [-0.4, -0.2) is 18.1 Å². The predicted molar refractivity (Wildman–Crippen MR) is 104 cm³/mol. The molecule has 0 aromatic carbocycles. The fourth-order valence-corrected chi connectivity index (χ4v) is 7.87. The number of fused-ring (bicyclic) bond motifs is 5. The van der Waals surface area contributed by atoms with E-state index in [9.17, 15) is 4.79 Å². The average molecular weight is 360 g/mol. The summed E-state index contributed by atoms with van der Waals surface area (Å²) in [4.78, 5) is 11.4. The van der Waals surface area contributed by atoms with Gasteiger partial charge < -0.3 is 10.5 Å². The van der Waals surface area contributed by atoms with Gasteiger partial charge in [0, 0.05) is 19.4 Å². The predicted octanol–water partition coefficient (Wildman–Crippen LogP) is 4.84. The monoisotopic (exact) mass is 359 g/mol. The van der Waals surface area contributed by atoms with Crippen molar-refractivity contribution in [3.05, 3.63) is 11.6 Å². The maximum atomic E-state index is 11.4. The third kappa shape index (κ3) is 2.60. The minimum atomic E-state index is -0.201. The van der Waals surface area contributed by atoms with Crippen molar-refractivity contribution in [2.75, 3.05) is 0 Å². The molecule has 4 rings (SSSR count). The second-order valence-electron chi connectivity index (χ2n) is 10.2. The molecule has 3 heteroatoms. The van der Waals surface area contributed by atoms with Gasteiger partial charge in [-0.25, -0.2) is 0 Å². The summed E-state index contributed by atoms with van der Waals surface area (Å²) in [6, 6.07) is -0.0277. The average Bonchev–Trinajstić information content (AvgIpc) is 2.91. The summed E-state index contributed by atoms with van der Waals surface area (Å²) >= 11 is 0. The molecule has 0 bridgehead atoms. The SMILES string of the molecule is CC[C@H]1CC[C@H]2[C@@H]3CC=C4C[C@@H](OC(C)=O)[C@@H](N)C[C@]4(C)[C@H]3CC[C@]12C. The number of esters is 1. The first-order valence-electron chi connectivity index (χ1n) is 10.9. The Morgan fingerprint density at radius 2 is 2.04 bits per heavy atom.